The Kier molecular flexibility index (Phi) is 5.76. The Morgan fingerprint density at radius 1 is 1.31 bits per heavy atom. The van der Waals surface area contributed by atoms with E-state index in [4.69, 9.17) is 5.11 Å². The molecule has 1 N–H and O–H groups in total. The van der Waals surface area contributed by atoms with Gasteiger partial charge in [0.1, 0.15) is 12.6 Å². The first-order chi connectivity index (χ1) is 6.11. The van der Waals surface area contributed by atoms with Crippen molar-refractivity contribution in [2.45, 2.75) is 26.2 Å². The summed E-state index contributed by atoms with van der Waals surface area (Å²) in [6.45, 7) is 1.80. The fourth-order valence-corrected chi connectivity index (χ4v) is 1.16. The van der Waals surface area contributed by atoms with Gasteiger partial charge in [0.05, 0.1) is 5.92 Å². The maximum atomic E-state index is 10.6. The zero-order valence-corrected chi connectivity index (χ0v) is 7.60. The van der Waals surface area contributed by atoms with E-state index in [0.717, 1.165) is 6.29 Å². The molecule has 0 heterocycles. The van der Waals surface area contributed by atoms with Gasteiger partial charge < -0.3 is 14.7 Å². The van der Waals surface area contributed by atoms with E-state index in [1.165, 1.54) is 0 Å². The number of hydrogen-bond donors (Lipinski definition) is 1. The predicted molar refractivity (Wildman–Crippen MR) is 46.3 cm³/mol. The van der Waals surface area contributed by atoms with Gasteiger partial charge in [-0.05, 0) is 12.3 Å². The number of aliphatic carboxylic acids is 1. The van der Waals surface area contributed by atoms with Crippen LogP contribution in [0.1, 0.15) is 26.2 Å². The van der Waals surface area contributed by atoms with Crippen LogP contribution in [0.25, 0.3) is 0 Å². The monoisotopic (exact) mass is 186 g/mol. The molecule has 0 amide bonds. The zero-order valence-electron chi connectivity index (χ0n) is 7.60. The molecule has 0 aromatic heterocycles. The lowest BCUT2D eigenvalue weighted by molar-refractivity contribution is -0.143. The molecular weight excluding hydrogens is 172 g/mol. The lowest BCUT2D eigenvalue weighted by Gasteiger charge is -2.12. The van der Waals surface area contributed by atoms with E-state index in [2.05, 4.69) is 0 Å². The average molecular weight is 186 g/mol. The van der Waals surface area contributed by atoms with Crippen molar-refractivity contribution in [1.29, 1.82) is 0 Å². The average Bonchev–Trinajstić information content (AvgIpc) is 2.04. The topological polar surface area (TPSA) is 71.4 Å². The van der Waals surface area contributed by atoms with Gasteiger partial charge in [0, 0.05) is 12.8 Å². The summed E-state index contributed by atoms with van der Waals surface area (Å²) in [6, 6.07) is 0. The van der Waals surface area contributed by atoms with Gasteiger partial charge in [-0.3, -0.25) is 4.79 Å². The molecule has 0 saturated carbocycles. The number of carboxylic acid groups (broad SMARTS) is 1. The van der Waals surface area contributed by atoms with Crippen molar-refractivity contribution >= 4 is 18.5 Å². The maximum absolute atomic E-state index is 10.6. The molecule has 0 aliphatic carbocycles. The van der Waals surface area contributed by atoms with Crippen molar-refractivity contribution in [3.63, 3.8) is 0 Å². The predicted octanol–water partition coefficient (Wildman–Crippen LogP) is 0.891. The van der Waals surface area contributed by atoms with Crippen LogP contribution in [-0.4, -0.2) is 23.6 Å². The summed E-state index contributed by atoms with van der Waals surface area (Å²) in [4.78, 5) is 30.8. The van der Waals surface area contributed by atoms with Crippen molar-refractivity contribution < 1.29 is 19.5 Å². The lowest BCUT2D eigenvalue weighted by atomic mass is 9.92. The summed E-state index contributed by atoms with van der Waals surface area (Å²) in [5.41, 5.74) is 0. The largest absolute Gasteiger partial charge is 0.481 e. The van der Waals surface area contributed by atoms with Crippen molar-refractivity contribution in [3.05, 3.63) is 0 Å². The number of rotatable bonds is 7. The van der Waals surface area contributed by atoms with Crippen LogP contribution in [0.4, 0.5) is 0 Å². The fourth-order valence-electron chi connectivity index (χ4n) is 1.16. The summed E-state index contributed by atoms with van der Waals surface area (Å²) in [6.07, 6.45) is 2.13. The van der Waals surface area contributed by atoms with Gasteiger partial charge >= 0.3 is 5.97 Å². The second-order valence-electron chi connectivity index (χ2n) is 3.18. The Hall–Kier alpha value is -1.19. The number of aldehydes is 2. The summed E-state index contributed by atoms with van der Waals surface area (Å²) >= 11 is 0. The third kappa shape index (κ3) is 5.11. The highest BCUT2D eigenvalue weighted by Crippen LogP contribution is 2.16. The molecule has 0 aliphatic rings. The van der Waals surface area contributed by atoms with E-state index in [-0.39, 0.29) is 12.3 Å². The van der Waals surface area contributed by atoms with Gasteiger partial charge in [-0.2, -0.15) is 0 Å². The van der Waals surface area contributed by atoms with Crippen LogP contribution in [0.2, 0.25) is 0 Å². The molecule has 13 heavy (non-hydrogen) atoms. The lowest BCUT2D eigenvalue weighted by Crippen LogP contribution is -2.17. The van der Waals surface area contributed by atoms with Gasteiger partial charge in [0.25, 0.3) is 0 Å². The standard InChI is InChI=1S/C9H14O4/c1-7(2-4-10)6-8(3-5-11)9(12)13/h4-5,7-8H,2-3,6H2,1H3,(H,12,13). The molecule has 4 heteroatoms. The summed E-state index contributed by atoms with van der Waals surface area (Å²) in [5.74, 6) is -1.59. The van der Waals surface area contributed by atoms with E-state index in [9.17, 15) is 14.4 Å². The highest BCUT2D eigenvalue weighted by atomic mass is 16.4. The van der Waals surface area contributed by atoms with Gasteiger partial charge in [0.2, 0.25) is 0 Å². The third-order valence-corrected chi connectivity index (χ3v) is 1.92. The first kappa shape index (κ1) is 11.8. The smallest absolute Gasteiger partial charge is 0.306 e. The number of carbonyl (C=O) groups excluding carboxylic acids is 2. The normalized spacial score (nSPS) is 14.5. The number of hydrogen-bond acceptors (Lipinski definition) is 3. The van der Waals surface area contributed by atoms with Gasteiger partial charge in [-0.15, -0.1) is 0 Å². The van der Waals surface area contributed by atoms with E-state index < -0.39 is 11.9 Å². The second-order valence-corrected chi connectivity index (χ2v) is 3.18. The van der Waals surface area contributed by atoms with Crippen LogP contribution in [0.5, 0.6) is 0 Å². The Bertz CT molecular complexity index is 188. The molecule has 0 aliphatic heterocycles. The van der Waals surface area contributed by atoms with Crippen molar-refractivity contribution in [2.75, 3.05) is 0 Å². The molecule has 0 fully saturated rings. The summed E-state index contributed by atoms with van der Waals surface area (Å²) in [7, 11) is 0. The minimum atomic E-state index is -0.968. The van der Waals surface area contributed by atoms with E-state index >= 15 is 0 Å². The van der Waals surface area contributed by atoms with Crippen LogP contribution >= 0.6 is 0 Å². The Morgan fingerprint density at radius 2 is 1.85 bits per heavy atom. The SMILES string of the molecule is CC(CC=O)CC(CC=O)C(=O)O. The molecule has 74 valence electrons. The van der Waals surface area contributed by atoms with Crippen molar-refractivity contribution in [1.82, 2.24) is 0 Å². The molecule has 0 spiro atoms. The number of carbonyl (C=O) groups is 3. The molecule has 0 bridgehead atoms. The molecule has 0 saturated heterocycles. The van der Waals surface area contributed by atoms with Crippen LogP contribution in [-0.2, 0) is 14.4 Å². The van der Waals surface area contributed by atoms with Gasteiger partial charge in [-0.1, -0.05) is 6.92 Å². The molecule has 0 aromatic carbocycles. The highest BCUT2D eigenvalue weighted by Gasteiger charge is 2.19. The molecule has 0 rings (SSSR count). The summed E-state index contributed by atoms with van der Waals surface area (Å²) < 4.78 is 0. The molecule has 4 nitrogen and oxygen atoms in total. The van der Waals surface area contributed by atoms with Gasteiger partial charge in [-0.25, -0.2) is 0 Å². The first-order valence-electron chi connectivity index (χ1n) is 4.21. The quantitative estimate of drug-likeness (QED) is 0.599. The van der Waals surface area contributed by atoms with Crippen LogP contribution < -0.4 is 0 Å². The minimum absolute atomic E-state index is 0.0263. The van der Waals surface area contributed by atoms with Crippen LogP contribution in [0, 0.1) is 11.8 Å². The molecule has 0 radical (unpaired) electrons. The number of carboxylic acids is 1. The molecular formula is C9H14O4. The first-order valence-corrected chi connectivity index (χ1v) is 4.21. The maximum Gasteiger partial charge on any atom is 0.306 e. The van der Waals surface area contributed by atoms with E-state index in [1.54, 1.807) is 6.92 Å². The van der Waals surface area contributed by atoms with E-state index in [0.29, 0.717) is 19.1 Å². The molecule has 0 aromatic rings. The Morgan fingerprint density at radius 3 is 2.23 bits per heavy atom. The fraction of sp³-hybridized carbons (Fsp3) is 0.667. The Labute approximate surface area is 76.9 Å². The van der Waals surface area contributed by atoms with Crippen molar-refractivity contribution in [3.8, 4) is 0 Å². The van der Waals surface area contributed by atoms with Gasteiger partial charge in [0.15, 0.2) is 0 Å². The van der Waals surface area contributed by atoms with E-state index in [1.807, 2.05) is 0 Å². The van der Waals surface area contributed by atoms with Crippen LogP contribution in [0.15, 0.2) is 0 Å². The molecule has 2 unspecified atom stereocenters. The second kappa shape index (κ2) is 6.34. The van der Waals surface area contributed by atoms with Crippen LogP contribution in [0.3, 0.4) is 0 Å². The third-order valence-electron chi connectivity index (χ3n) is 1.92. The molecule has 2 atom stereocenters. The summed E-state index contributed by atoms with van der Waals surface area (Å²) in [5, 5.41) is 8.67. The highest BCUT2D eigenvalue weighted by molar-refractivity contribution is 5.73. The van der Waals surface area contributed by atoms with Crippen molar-refractivity contribution in [2.24, 2.45) is 11.8 Å². The minimum Gasteiger partial charge on any atom is -0.481 e. The Balaban J connectivity index is 4.00. The zero-order chi connectivity index (χ0) is 10.3.